The molecule has 9 heteroatoms. The second kappa shape index (κ2) is 10.2. The van der Waals surface area contributed by atoms with Crippen LogP contribution >= 0.6 is 22.9 Å². The standard InChI is InChI=1S/C27H29ClN4O3S/c1-4-31-10-5-6-19(15-31)35-25-17(2)12-18(28)13-22(25)21-7-9-29-23-14-20(36-26(21)23)16-32-24(33)8-11-30(3)27(32)34/h7-9,11-14,19H,4-6,10,15-16H2,1-3H3. The lowest BCUT2D eigenvalue weighted by atomic mass is 10.0. The summed E-state index contributed by atoms with van der Waals surface area (Å²) >= 11 is 8.05. The van der Waals surface area contributed by atoms with E-state index in [1.807, 2.05) is 31.2 Å². The van der Waals surface area contributed by atoms with E-state index >= 15 is 0 Å². The van der Waals surface area contributed by atoms with Crippen LogP contribution in [0.4, 0.5) is 0 Å². The first-order chi connectivity index (χ1) is 17.3. The number of likely N-dealkylation sites (tertiary alicyclic amines) is 1. The number of piperidine rings is 1. The third kappa shape index (κ3) is 4.85. The monoisotopic (exact) mass is 524 g/mol. The number of aryl methyl sites for hydroxylation is 2. The number of likely N-dealkylation sites (N-methyl/N-ethyl adjacent to an activating group) is 1. The van der Waals surface area contributed by atoms with Gasteiger partial charge in [0, 0.05) is 53.1 Å². The summed E-state index contributed by atoms with van der Waals surface area (Å²) in [5, 5.41) is 0.648. The second-order valence-corrected chi connectivity index (χ2v) is 10.9. The van der Waals surface area contributed by atoms with E-state index in [1.165, 1.54) is 32.7 Å². The highest BCUT2D eigenvalue weighted by Crippen LogP contribution is 2.42. The molecule has 4 aromatic rings. The minimum atomic E-state index is -0.345. The second-order valence-electron chi connectivity index (χ2n) is 9.29. The van der Waals surface area contributed by atoms with E-state index in [9.17, 15) is 9.59 Å². The van der Waals surface area contributed by atoms with Crippen LogP contribution in [0.1, 0.15) is 30.2 Å². The molecule has 0 spiro atoms. The lowest BCUT2D eigenvalue weighted by molar-refractivity contribution is 0.0919. The van der Waals surface area contributed by atoms with Gasteiger partial charge in [0.25, 0.3) is 5.56 Å². The number of halogens is 1. The molecule has 1 saturated heterocycles. The third-order valence-electron chi connectivity index (χ3n) is 6.74. The first-order valence-corrected chi connectivity index (χ1v) is 13.4. The van der Waals surface area contributed by atoms with E-state index < -0.39 is 0 Å². The summed E-state index contributed by atoms with van der Waals surface area (Å²) in [5.74, 6) is 0.845. The molecule has 0 amide bonds. The first kappa shape index (κ1) is 24.7. The van der Waals surface area contributed by atoms with Gasteiger partial charge in [0.05, 0.1) is 16.8 Å². The van der Waals surface area contributed by atoms with Crippen LogP contribution in [0.25, 0.3) is 21.3 Å². The zero-order valence-electron chi connectivity index (χ0n) is 20.7. The lowest BCUT2D eigenvalue weighted by Crippen LogP contribution is -2.41. The average Bonchev–Trinajstić information content (AvgIpc) is 3.29. The van der Waals surface area contributed by atoms with Gasteiger partial charge in [-0.25, -0.2) is 4.79 Å². The van der Waals surface area contributed by atoms with Gasteiger partial charge in [-0.3, -0.25) is 19.2 Å². The smallest absolute Gasteiger partial charge is 0.331 e. The summed E-state index contributed by atoms with van der Waals surface area (Å²) in [6.45, 7) is 7.44. The Morgan fingerprint density at radius 3 is 2.83 bits per heavy atom. The van der Waals surface area contributed by atoms with Crippen molar-refractivity contribution in [2.75, 3.05) is 19.6 Å². The van der Waals surface area contributed by atoms with Crippen molar-refractivity contribution in [3.63, 3.8) is 0 Å². The number of hydrogen-bond donors (Lipinski definition) is 0. The van der Waals surface area contributed by atoms with Crippen molar-refractivity contribution in [3.8, 4) is 16.9 Å². The maximum atomic E-state index is 12.5. The van der Waals surface area contributed by atoms with Crippen molar-refractivity contribution in [1.29, 1.82) is 0 Å². The van der Waals surface area contributed by atoms with Gasteiger partial charge in [0.2, 0.25) is 0 Å². The Labute approximate surface area is 218 Å². The summed E-state index contributed by atoms with van der Waals surface area (Å²) < 4.78 is 10.3. The van der Waals surface area contributed by atoms with Crippen molar-refractivity contribution >= 4 is 33.2 Å². The van der Waals surface area contributed by atoms with Crippen molar-refractivity contribution in [2.24, 2.45) is 7.05 Å². The summed E-state index contributed by atoms with van der Waals surface area (Å²) in [7, 11) is 1.64. The van der Waals surface area contributed by atoms with E-state index in [0.29, 0.717) is 5.02 Å². The van der Waals surface area contributed by atoms with Gasteiger partial charge in [-0.2, -0.15) is 0 Å². The summed E-state index contributed by atoms with van der Waals surface area (Å²) in [6.07, 6.45) is 5.53. The Balaban J connectivity index is 1.56. The molecule has 3 aromatic heterocycles. The van der Waals surface area contributed by atoms with Crippen LogP contribution in [-0.4, -0.2) is 44.8 Å². The van der Waals surface area contributed by atoms with Crippen molar-refractivity contribution in [1.82, 2.24) is 19.0 Å². The first-order valence-electron chi connectivity index (χ1n) is 12.2. The molecule has 0 aliphatic carbocycles. The number of benzene rings is 1. The summed E-state index contributed by atoms with van der Waals surface area (Å²) in [6, 6.07) is 9.22. The quantitative estimate of drug-likeness (QED) is 0.366. The number of rotatable bonds is 6. The molecule has 0 radical (unpaired) electrons. The molecule has 0 saturated carbocycles. The summed E-state index contributed by atoms with van der Waals surface area (Å²) in [4.78, 5) is 32.8. The van der Waals surface area contributed by atoms with Crippen LogP contribution in [0.15, 0.2) is 52.3 Å². The Kier molecular flexibility index (Phi) is 7.01. The maximum absolute atomic E-state index is 12.5. The van der Waals surface area contributed by atoms with Gasteiger partial charge >= 0.3 is 5.69 Å². The molecule has 7 nitrogen and oxygen atoms in total. The van der Waals surface area contributed by atoms with E-state index in [1.54, 1.807) is 13.2 Å². The van der Waals surface area contributed by atoms with Crippen LogP contribution in [0.2, 0.25) is 5.02 Å². The molecular formula is C27H29ClN4O3S. The van der Waals surface area contributed by atoms with Crippen molar-refractivity contribution < 1.29 is 4.74 Å². The summed E-state index contributed by atoms with van der Waals surface area (Å²) in [5.41, 5.74) is 3.05. The topological polar surface area (TPSA) is 69.4 Å². The fourth-order valence-electron chi connectivity index (χ4n) is 4.84. The van der Waals surface area contributed by atoms with E-state index in [0.717, 1.165) is 70.0 Å². The molecule has 5 rings (SSSR count). The molecule has 1 fully saturated rings. The predicted molar refractivity (Wildman–Crippen MR) is 146 cm³/mol. The van der Waals surface area contributed by atoms with E-state index in [2.05, 4.69) is 16.8 Å². The molecular weight excluding hydrogens is 496 g/mol. The molecule has 1 aliphatic rings. The largest absolute Gasteiger partial charge is 0.488 e. The SMILES string of the molecule is CCN1CCCC(Oc2c(C)cc(Cl)cc2-c2ccnc3cc(Cn4c(=O)ccn(C)c4=O)sc23)C1. The number of nitrogens with zero attached hydrogens (tertiary/aromatic N) is 4. The van der Waals surface area contributed by atoms with Crippen LogP contribution in [-0.2, 0) is 13.6 Å². The molecule has 0 bridgehead atoms. The number of thiophene rings is 1. The fraction of sp³-hybridized carbons (Fsp3) is 0.370. The zero-order chi connectivity index (χ0) is 25.4. The molecule has 0 N–H and O–H groups in total. The van der Waals surface area contributed by atoms with Gasteiger partial charge in [-0.15, -0.1) is 11.3 Å². The lowest BCUT2D eigenvalue weighted by Gasteiger charge is -2.33. The Morgan fingerprint density at radius 2 is 2.03 bits per heavy atom. The van der Waals surface area contributed by atoms with Gasteiger partial charge in [0.1, 0.15) is 11.9 Å². The van der Waals surface area contributed by atoms with E-state index in [4.69, 9.17) is 16.3 Å². The molecule has 1 aromatic carbocycles. The van der Waals surface area contributed by atoms with Crippen LogP contribution in [0.5, 0.6) is 5.75 Å². The molecule has 36 heavy (non-hydrogen) atoms. The Bertz CT molecular complexity index is 1540. The Hall–Kier alpha value is -2.94. The fourth-order valence-corrected chi connectivity index (χ4v) is 6.25. The van der Waals surface area contributed by atoms with Crippen molar-refractivity contribution in [2.45, 2.75) is 39.3 Å². The van der Waals surface area contributed by atoms with Crippen LogP contribution in [0.3, 0.4) is 0 Å². The van der Waals surface area contributed by atoms with Gasteiger partial charge in [0.15, 0.2) is 0 Å². The minimum absolute atomic E-state index is 0.120. The number of ether oxygens (including phenoxy) is 1. The third-order valence-corrected chi connectivity index (χ3v) is 8.10. The highest BCUT2D eigenvalue weighted by atomic mass is 35.5. The van der Waals surface area contributed by atoms with Crippen LogP contribution < -0.4 is 16.0 Å². The molecule has 1 unspecified atom stereocenters. The highest BCUT2D eigenvalue weighted by molar-refractivity contribution is 7.19. The number of pyridine rings is 1. The molecule has 4 heterocycles. The molecule has 1 atom stereocenters. The number of aromatic nitrogens is 3. The minimum Gasteiger partial charge on any atom is -0.488 e. The van der Waals surface area contributed by atoms with Crippen LogP contribution in [0, 0.1) is 6.92 Å². The average molecular weight is 525 g/mol. The maximum Gasteiger partial charge on any atom is 0.331 e. The molecule has 1 aliphatic heterocycles. The van der Waals surface area contributed by atoms with Gasteiger partial charge in [-0.05, 0) is 62.7 Å². The zero-order valence-corrected chi connectivity index (χ0v) is 22.2. The molecule has 188 valence electrons. The van der Waals surface area contributed by atoms with Crippen molar-refractivity contribution in [3.05, 3.63) is 79.0 Å². The highest BCUT2D eigenvalue weighted by Gasteiger charge is 2.23. The Morgan fingerprint density at radius 1 is 1.19 bits per heavy atom. The van der Waals surface area contributed by atoms with Gasteiger partial charge in [-0.1, -0.05) is 18.5 Å². The number of fused-ring (bicyclic) bond motifs is 1. The predicted octanol–water partition coefficient (Wildman–Crippen LogP) is 4.70. The van der Waals surface area contributed by atoms with E-state index in [-0.39, 0.29) is 23.9 Å². The van der Waals surface area contributed by atoms with Gasteiger partial charge < -0.3 is 9.30 Å². The normalized spacial score (nSPS) is 16.5. The number of hydrogen-bond acceptors (Lipinski definition) is 6.